The van der Waals surface area contributed by atoms with Gasteiger partial charge in [-0.3, -0.25) is 14.6 Å². The largest absolute Gasteiger partial charge is 0.325 e. The van der Waals surface area contributed by atoms with Gasteiger partial charge in [-0.05, 0) is 55.7 Å². The van der Waals surface area contributed by atoms with Crippen LogP contribution in [-0.4, -0.2) is 39.0 Å². The van der Waals surface area contributed by atoms with Gasteiger partial charge in [0.05, 0.1) is 10.9 Å². The average molecular weight is 439 g/mol. The van der Waals surface area contributed by atoms with Gasteiger partial charge in [0.2, 0.25) is 5.91 Å². The number of hydrogen-bond donors (Lipinski definition) is 1. The lowest BCUT2D eigenvalue weighted by atomic mass is 10.0. The topological polar surface area (TPSA) is 74.1 Å². The Hall–Kier alpha value is -3.00. The monoisotopic (exact) mass is 438 g/mol. The molecule has 0 aromatic heterocycles. The average Bonchev–Trinajstić information content (AvgIpc) is 3.06. The number of carbonyl (C=O) groups is 2. The molecule has 1 N–H and O–H groups in total. The highest BCUT2D eigenvalue weighted by Gasteiger charge is 2.42. The Morgan fingerprint density at radius 2 is 1.87 bits per heavy atom. The Morgan fingerprint density at radius 1 is 1.16 bits per heavy atom. The number of hydrogen-bond acceptors (Lipinski definition) is 5. The number of halogens is 1. The van der Waals surface area contributed by atoms with Crippen molar-refractivity contribution in [1.29, 1.82) is 0 Å². The van der Waals surface area contributed by atoms with E-state index in [1.807, 2.05) is 24.3 Å². The SMILES string of the molecule is CC(C)C[C@H]1N=C2c3ccccc3N=C(S[C@@H](C)C(=O)Nc3ccc(F)cc3)N2C1=O. The molecule has 0 fully saturated rings. The van der Waals surface area contributed by atoms with Crippen LogP contribution in [0.3, 0.4) is 0 Å². The van der Waals surface area contributed by atoms with Crippen LogP contribution in [0.2, 0.25) is 0 Å². The molecule has 31 heavy (non-hydrogen) atoms. The number of thioether (sulfide) groups is 1. The highest BCUT2D eigenvalue weighted by Crippen LogP contribution is 2.35. The van der Waals surface area contributed by atoms with Gasteiger partial charge in [-0.1, -0.05) is 37.7 Å². The molecule has 160 valence electrons. The number of nitrogens with one attached hydrogen (secondary N) is 1. The summed E-state index contributed by atoms with van der Waals surface area (Å²) in [5.41, 5.74) is 2.05. The first-order valence-corrected chi connectivity index (χ1v) is 11.0. The molecule has 0 unspecified atom stereocenters. The third-order valence-corrected chi connectivity index (χ3v) is 6.06. The molecule has 6 nitrogen and oxygen atoms in total. The van der Waals surface area contributed by atoms with Gasteiger partial charge in [-0.2, -0.15) is 0 Å². The van der Waals surface area contributed by atoms with Crippen LogP contribution in [0.1, 0.15) is 32.8 Å². The first-order valence-electron chi connectivity index (χ1n) is 10.2. The van der Waals surface area contributed by atoms with E-state index in [1.165, 1.54) is 36.0 Å². The number of benzene rings is 2. The summed E-state index contributed by atoms with van der Waals surface area (Å²) in [7, 11) is 0. The van der Waals surface area contributed by atoms with Gasteiger partial charge in [0.25, 0.3) is 5.91 Å². The summed E-state index contributed by atoms with van der Waals surface area (Å²) >= 11 is 1.20. The minimum Gasteiger partial charge on any atom is -0.325 e. The molecule has 0 saturated heterocycles. The molecular weight excluding hydrogens is 415 g/mol. The zero-order valence-corrected chi connectivity index (χ0v) is 18.3. The minimum atomic E-state index is -0.535. The molecule has 2 amide bonds. The van der Waals surface area contributed by atoms with Crippen molar-refractivity contribution in [2.24, 2.45) is 15.9 Å². The normalized spacial score (nSPS) is 18.3. The minimum absolute atomic E-state index is 0.115. The van der Waals surface area contributed by atoms with Gasteiger partial charge < -0.3 is 5.32 Å². The van der Waals surface area contributed by atoms with Crippen LogP contribution in [-0.2, 0) is 9.59 Å². The number of aliphatic imine (C=N–C) groups is 2. The third kappa shape index (κ3) is 4.39. The van der Waals surface area contributed by atoms with E-state index in [-0.39, 0.29) is 17.6 Å². The van der Waals surface area contributed by atoms with Crippen molar-refractivity contribution in [3.63, 3.8) is 0 Å². The number of anilines is 1. The van der Waals surface area contributed by atoms with E-state index in [9.17, 15) is 14.0 Å². The molecule has 0 spiro atoms. The first-order chi connectivity index (χ1) is 14.8. The van der Waals surface area contributed by atoms with Crippen molar-refractivity contribution in [2.45, 2.75) is 38.5 Å². The second-order valence-electron chi connectivity index (χ2n) is 7.94. The summed E-state index contributed by atoms with van der Waals surface area (Å²) < 4.78 is 13.1. The van der Waals surface area contributed by atoms with Gasteiger partial charge in [0.1, 0.15) is 17.7 Å². The molecule has 2 atom stereocenters. The van der Waals surface area contributed by atoms with Crippen LogP contribution < -0.4 is 5.32 Å². The predicted molar refractivity (Wildman–Crippen MR) is 122 cm³/mol. The maximum atomic E-state index is 13.2. The lowest BCUT2D eigenvalue weighted by molar-refractivity contribution is -0.125. The molecule has 2 aromatic rings. The van der Waals surface area contributed by atoms with Crippen LogP contribution in [0, 0.1) is 11.7 Å². The Bertz CT molecular complexity index is 1080. The Balaban J connectivity index is 1.58. The van der Waals surface area contributed by atoms with Crippen molar-refractivity contribution in [1.82, 2.24) is 4.90 Å². The number of carbonyl (C=O) groups excluding carboxylic acids is 2. The molecular formula is C23H23FN4O2S. The summed E-state index contributed by atoms with van der Waals surface area (Å²) in [5, 5.41) is 2.67. The van der Waals surface area contributed by atoms with Crippen LogP contribution in [0.4, 0.5) is 15.8 Å². The smallest absolute Gasteiger partial charge is 0.259 e. The number of fused-ring (bicyclic) bond motifs is 3. The number of amides is 2. The molecule has 0 saturated carbocycles. The third-order valence-electron chi connectivity index (χ3n) is 5.01. The molecule has 2 aliphatic rings. The van der Waals surface area contributed by atoms with Crippen molar-refractivity contribution in [3.8, 4) is 0 Å². The molecule has 8 heteroatoms. The molecule has 2 aromatic carbocycles. The van der Waals surface area contributed by atoms with Crippen LogP contribution in [0.25, 0.3) is 0 Å². The van der Waals surface area contributed by atoms with E-state index in [4.69, 9.17) is 4.99 Å². The maximum absolute atomic E-state index is 13.2. The van der Waals surface area contributed by atoms with Gasteiger partial charge in [0, 0.05) is 11.3 Å². The number of para-hydroxylation sites is 1. The van der Waals surface area contributed by atoms with E-state index in [0.717, 1.165) is 11.3 Å². The maximum Gasteiger partial charge on any atom is 0.259 e. The lowest BCUT2D eigenvalue weighted by Crippen LogP contribution is -2.42. The Morgan fingerprint density at radius 3 is 2.58 bits per heavy atom. The highest BCUT2D eigenvalue weighted by atomic mass is 32.2. The molecule has 0 bridgehead atoms. The standard InChI is InChI=1S/C23H23FN4O2S/c1-13(2)12-19-22(30)28-20(26-19)17-6-4-5-7-18(17)27-23(28)31-14(3)21(29)25-16-10-8-15(24)9-11-16/h4-11,13-14,19H,12H2,1-3H3,(H,25,29)/t14-,19+/m0/s1. The molecule has 4 rings (SSSR count). The Kier molecular flexibility index (Phi) is 5.91. The van der Waals surface area contributed by atoms with Gasteiger partial charge in [-0.15, -0.1) is 0 Å². The second kappa shape index (κ2) is 8.63. The summed E-state index contributed by atoms with van der Waals surface area (Å²) in [5.74, 6) is 0.168. The highest BCUT2D eigenvalue weighted by molar-refractivity contribution is 8.15. The van der Waals surface area contributed by atoms with Crippen LogP contribution >= 0.6 is 11.8 Å². The summed E-state index contributed by atoms with van der Waals surface area (Å²) in [6.07, 6.45) is 0.652. The summed E-state index contributed by atoms with van der Waals surface area (Å²) in [4.78, 5) is 36.8. The summed E-state index contributed by atoms with van der Waals surface area (Å²) in [6.45, 7) is 5.87. The number of rotatable bonds is 5. The number of nitrogens with zero attached hydrogens (tertiary/aromatic N) is 3. The van der Waals surface area contributed by atoms with Crippen LogP contribution in [0.15, 0.2) is 58.5 Å². The van der Waals surface area contributed by atoms with Crippen molar-refractivity contribution in [2.75, 3.05) is 5.32 Å². The fourth-order valence-corrected chi connectivity index (χ4v) is 4.39. The van der Waals surface area contributed by atoms with E-state index < -0.39 is 11.3 Å². The fourth-order valence-electron chi connectivity index (χ4n) is 3.47. The van der Waals surface area contributed by atoms with Gasteiger partial charge in [0.15, 0.2) is 5.17 Å². The van der Waals surface area contributed by atoms with E-state index in [2.05, 4.69) is 24.2 Å². The van der Waals surface area contributed by atoms with E-state index in [0.29, 0.717) is 29.0 Å². The first kappa shape index (κ1) is 21.2. The molecule has 2 aliphatic heterocycles. The zero-order valence-electron chi connectivity index (χ0n) is 17.5. The quantitative estimate of drug-likeness (QED) is 0.742. The van der Waals surface area contributed by atoms with Crippen molar-refractivity contribution >= 4 is 46.0 Å². The second-order valence-corrected chi connectivity index (χ2v) is 9.25. The number of amidine groups is 2. The summed E-state index contributed by atoms with van der Waals surface area (Å²) in [6, 6.07) is 12.7. The van der Waals surface area contributed by atoms with Crippen molar-refractivity contribution < 1.29 is 14.0 Å². The van der Waals surface area contributed by atoms with Crippen LogP contribution in [0.5, 0.6) is 0 Å². The van der Waals surface area contributed by atoms with E-state index >= 15 is 0 Å². The molecule has 0 radical (unpaired) electrons. The fraction of sp³-hybridized carbons (Fsp3) is 0.304. The molecule has 2 heterocycles. The van der Waals surface area contributed by atoms with Gasteiger partial charge in [-0.25, -0.2) is 14.3 Å². The van der Waals surface area contributed by atoms with Crippen molar-refractivity contribution in [3.05, 3.63) is 59.9 Å². The predicted octanol–water partition coefficient (Wildman–Crippen LogP) is 4.59. The lowest BCUT2D eigenvalue weighted by Gasteiger charge is -2.27. The zero-order chi connectivity index (χ0) is 22.1. The van der Waals surface area contributed by atoms with Gasteiger partial charge >= 0.3 is 0 Å². The van der Waals surface area contributed by atoms with E-state index in [1.54, 1.807) is 11.8 Å². The Labute approximate surface area is 184 Å². The molecule has 0 aliphatic carbocycles.